The minimum Gasteiger partial charge on any atom is -0.497 e. The lowest BCUT2D eigenvalue weighted by Gasteiger charge is -2.13. The molecule has 11 nitrogen and oxygen atoms in total. The number of ether oxygens (including phenoxy) is 4. The van der Waals surface area contributed by atoms with E-state index in [1.165, 1.54) is 32.4 Å². The predicted octanol–water partition coefficient (Wildman–Crippen LogP) is 1.14. The van der Waals surface area contributed by atoms with Gasteiger partial charge >= 0.3 is 5.97 Å². The molecule has 34 heavy (non-hydrogen) atoms. The van der Waals surface area contributed by atoms with Crippen molar-refractivity contribution in [1.82, 2.24) is 5.32 Å². The Morgan fingerprint density at radius 2 is 1.85 bits per heavy atom. The molecule has 0 saturated carbocycles. The smallest absolute Gasteiger partial charge is 0.326 e. The maximum absolute atomic E-state index is 12.7. The van der Waals surface area contributed by atoms with Gasteiger partial charge in [-0.3, -0.25) is 14.4 Å². The fourth-order valence-electron chi connectivity index (χ4n) is 3.12. The normalized spacial score (nSPS) is 14.1. The monoisotopic (exact) mass is 470 g/mol. The first-order valence-corrected chi connectivity index (χ1v) is 9.95. The van der Waals surface area contributed by atoms with Crippen molar-refractivity contribution >= 4 is 29.6 Å². The van der Waals surface area contributed by atoms with Crippen LogP contribution in [0.3, 0.4) is 0 Å². The number of primary amides is 1. The number of aliphatic carboxylic acids is 1. The third kappa shape index (κ3) is 5.63. The molecule has 3 rings (SSSR count). The number of nitrogens with two attached hydrogens (primary N) is 1. The second-order valence-corrected chi connectivity index (χ2v) is 7.12. The Kier molecular flexibility index (Phi) is 7.36. The number of hydrogen-bond donors (Lipinski definition) is 3. The molecule has 1 aliphatic heterocycles. The molecule has 2 aromatic rings. The number of ketones is 1. The molecule has 2 aromatic carbocycles. The zero-order valence-electron chi connectivity index (χ0n) is 18.3. The molecule has 1 atom stereocenters. The van der Waals surface area contributed by atoms with E-state index < -0.39 is 36.9 Å². The van der Waals surface area contributed by atoms with E-state index in [0.717, 1.165) is 0 Å². The van der Waals surface area contributed by atoms with Crippen molar-refractivity contribution in [2.45, 2.75) is 12.5 Å². The molecule has 178 valence electrons. The average Bonchev–Trinajstić information content (AvgIpc) is 3.11. The van der Waals surface area contributed by atoms with E-state index in [1.807, 2.05) is 0 Å². The van der Waals surface area contributed by atoms with E-state index in [9.17, 15) is 19.2 Å². The number of carboxylic acid groups (broad SMARTS) is 1. The lowest BCUT2D eigenvalue weighted by molar-refractivity contribution is -0.143. The number of carbonyl (C=O) groups excluding carboxylic acids is 3. The standard InChI is InChI=1S/C23H22N2O9/c1-31-13-4-3-12(17(8-13)32-2)7-19-22(28)15-6-5-14(9-18(15)34-19)33-11-21(27)25-16(23(29)30)10-20(24)26/h3-9,16H,10-11H2,1-2H3,(H2,24,26)(H,25,27)(H,29,30)/t16-/m0/s1. The molecule has 1 aliphatic rings. The summed E-state index contributed by atoms with van der Waals surface area (Å²) in [7, 11) is 3.03. The first-order valence-electron chi connectivity index (χ1n) is 9.95. The van der Waals surface area contributed by atoms with Gasteiger partial charge in [0, 0.05) is 17.7 Å². The van der Waals surface area contributed by atoms with Gasteiger partial charge in [-0.1, -0.05) is 0 Å². The molecule has 0 unspecified atom stereocenters. The number of hydrogen-bond acceptors (Lipinski definition) is 8. The number of nitrogens with one attached hydrogen (secondary N) is 1. The van der Waals surface area contributed by atoms with Crippen molar-refractivity contribution < 1.29 is 43.2 Å². The van der Waals surface area contributed by atoms with Gasteiger partial charge in [0.25, 0.3) is 5.91 Å². The molecule has 0 aliphatic carbocycles. The zero-order valence-corrected chi connectivity index (χ0v) is 18.3. The summed E-state index contributed by atoms with van der Waals surface area (Å²) in [5, 5.41) is 11.2. The molecule has 2 amide bonds. The summed E-state index contributed by atoms with van der Waals surface area (Å²) in [6.45, 7) is -0.527. The summed E-state index contributed by atoms with van der Waals surface area (Å²) in [5.74, 6) is -1.77. The maximum atomic E-state index is 12.7. The van der Waals surface area contributed by atoms with E-state index in [2.05, 4.69) is 5.32 Å². The second kappa shape index (κ2) is 10.4. The van der Waals surface area contributed by atoms with Gasteiger partial charge in [-0.2, -0.15) is 0 Å². The lowest BCUT2D eigenvalue weighted by atomic mass is 10.1. The van der Waals surface area contributed by atoms with Crippen LogP contribution in [0.5, 0.6) is 23.0 Å². The first-order chi connectivity index (χ1) is 16.2. The van der Waals surface area contributed by atoms with Crippen molar-refractivity contribution in [3.05, 3.63) is 53.3 Å². The van der Waals surface area contributed by atoms with Crippen molar-refractivity contribution in [3.63, 3.8) is 0 Å². The number of rotatable bonds is 10. The molecular formula is C23H22N2O9. The molecule has 11 heteroatoms. The summed E-state index contributed by atoms with van der Waals surface area (Å²) in [6, 6.07) is 8.06. The number of benzene rings is 2. The van der Waals surface area contributed by atoms with Crippen LogP contribution in [-0.4, -0.2) is 55.5 Å². The summed E-state index contributed by atoms with van der Waals surface area (Å²) >= 11 is 0. The van der Waals surface area contributed by atoms with Crippen LogP contribution in [0.25, 0.3) is 6.08 Å². The fraction of sp³-hybridized carbons (Fsp3) is 0.217. The van der Waals surface area contributed by atoms with Crippen LogP contribution in [0, 0.1) is 0 Å². The minimum atomic E-state index is -1.46. The number of carbonyl (C=O) groups is 4. The molecule has 0 bridgehead atoms. The van der Waals surface area contributed by atoms with E-state index in [1.54, 1.807) is 24.3 Å². The van der Waals surface area contributed by atoms with E-state index in [4.69, 9.17) is 29.8 Å². The van der Waals surface area contributed by atoms with Gasteiger partial charge in [-0.05, 0) is 30.3 Å². The Balaban J connectivity index is 1.69. The Hall–Kier alpha value is -4.54. The van der Waals surface area contributed by atoms with Crippen molar-refractivity contribution in [1.29, 1.82) is 0 Å². The van der Waals surface area contributed by atoms with Crippen molar-refractivity contribution in [2.75, 3.05) is 20.8 Å². The van der Waals surface area contributed by atoms with E-state index in [-0.39, 0.29) is 23.0 Å². The SMILES string of the molecule is COc1ccc(C=C2Oc3cc(OCC(=O)N[C@@H](CC(N)=O)C(=O)O)ccc3C2=O)c(OC)c1. The highest BCUT2D eigenvalue weighted by molar-refractivity contribution is 6.14. The Bertz CT molecular complexity index is 1170. The van der Waals surface area contributed by atoms with Gasteiger partial charge in [0.1, 0.15) is 29.0 Å². The molecule has 0 saturated heterocycles. The van der Waals surface area contributed by atoms with Crippen LogP contribution in [0.2, 0.25) is 0 Å². The largest absolute Gasteiger partial charge is 0.497 e. The highest BCUT2D eigenvalue weighted by Gasteiger charge is 2.28. The molecule has 0 radical (unpaired) electrons. The Morgan fingerprint density at radius 1 is 1.12 bits per heavy atom. The number of methoxy groups -OCH3 is 2. The van der Waals surface area contributed by atoms with Gasteiger partial charge in [-0.25, -0.2) is 4.79 Å². The summed E-state index contributed by atoms with van der Waals surface area (Å²) in [4.78, 5) is 46.8. The average molecular weight is 470 g/mol. The van der Waals surface area contributed by atoms with Gasteiger partial charge in [0.05, 0.1) is 26.2 Å². The molecular weight excluding hydrogens is 448 g/mol. The van der Waals surface area contributed by atoms with Crippen LogP contribution >= 0.6 is 0 Å². The number of Topliss-reactive ketones (excluding diaryl/α,β-unsaturated/α-hetero) is 1. The van der Waals surface area contributed by atoms with E-state index in [0.29, 0.717) is 22.6 Å². The quantitative estimate of drug-likeness (QED) is 0.432. The molecule has 1 heterocycles. The number of fused-ring (bicyclic) bond motifs is 1. The predicted molar refractivity (Wildman–Crippen MR) is 118 cm³/mol. The van der Waals surface area contributed by atoms with Gasteiger partial charge < -0.3 is 35.1 Å². The number of allylic oxidation sites excluding steroid dienone is 1. The van der Waals surface area contributed by atoms with Crippen LogP contribution < -0.4 is 30.0 Å². The van der Waals surface area contributed by atoms with Gasteiger partial charge in [0.15, 0.2) is 12.4 Å². The number of amides is 2. The lowest BCUT2D eigenvalue weighted by Crippen LogP contribution is -2.45. The zero-order chi connectivity index (χ0) is 24.8. The molecule has 0 aromatic heterocycles. The van der Waals surface area contributed by atoms with Crippen LogP contribution in [-0.2, 0) is 14.4 Å². The van der Waals surface area contributed by atoms with Crippen LogP contribution in [0.15, 0.2) is 42.2 Å². The van der Waals surface area contributed by atoms with Gasteiger partial charge in [0.2, 0.25) is 11.7 Å². The molecule has 4 N–H and O–H groups in total. The fourth-order valence-corrected chi connectivity index (χ4v) is 3.12. The topological polar surface area (TPSA) is 163 Å². The van der Waals surface area contributed by atoms with E-state index >= 15 is 0 Å². The highest BCUT2D eigenvalue weighted by atomic mass is 16.5. The van der Waals surface area contributed by atoms with Crippen molar-refractivity contribution in [3.8, 4) is 23.0 Å². The Labute approximate surface area is 194 Å². The maximum Gasteiger partial charge on any atom is 0.326 e. The Morgan fingerprint density at radius 3 is 2.50 bits per heavy atom. The molecule has 0 spiro atoms. The first kappa shape index (κ1) is 24.1. The third-order valence-corrected chi connectivity index (χ3v) is 4.78. The summed E-state index contributed by atoms with van der Waals surface area (Å²) in [5.41, 5.74) is 5.90. The van der Waals surface area contributed by atoms with Crippen molar-refractivity contribution in [2.24, 2.45) is 5.73 Å². The number of carboxylic acids is 1. The van der Waals surface area contributed by atoms with Crippen LogP contribution in [0.1, 0.15) is 22.3 Å². The third-order valence-electron chi connectivity index (χ3n) is 4.78. The summed E-state index contributed by atoms with van der Waals surface area (Å²) < 4.78 is 21.5. The molecule has 0 fully saturated rings. The van der Waals surface area contributed by atoms with Gasteiger partial charge in [-0.15, -0.1) is 0 Å². The second-order valence-electron chi connectivity index (χ2n) is 7.12. The van der Waals surface area contributed by atoms with Crippen LogP contribution in [0.4, 0.5) is 0 Å². The highest BCUT2D eigenvalue weighted by Crippen LogP contribution is 2.36. The summed E-state index contributed by atoms with van der Waals surface area (Å²) in [6.07, 6.45) is 0.989. The minimum absolute atomic E-state index is 0.0733.